The van der Waals surface area contributed by atoms with Gasteiger partial charge in [-0.05, 0) is 18.2 Å². The zero-order chi connectivity index (χ0) is 21.1. The Balaban J connectivity index is 1.64. The number of aromatic amines is 1. The van der Waals surface area contributed by atoms with Crippen molar-refractivity contribution in [2.24, 2.45) is 0 Å². The minimum absolute atomic E-state index is 0.247. The molecule has 1 N–H and O–H groups in total. The summed E-state index contributed by atoms with van der Waals surface area (Å²) in [6, 6.07) is 10.9. The van der Waals surface area contributed by atoms with E-state index >= 15 is 0 Å². The van der Waals surface area contributed by atoms with Crippen molar-refractivity contribution >= 4 is 22.7 Å². The van der Waals surface area contributed by atoms with E-state index in [4.69, 9.17) is 14.2 Å². The quantitative estimate of drug-likeness (QED) is 0.451. The number of H-pyrrole nitrogens is 1. The lowest BCUT2D eigenvalue weighted by Crippen LogP contribution is -2.12. The molecular weight excluding hydrogens is 406 g/mol. The van der Waals surface area contributed by atoms with E-state index in [-0.39, 0.29) is 5.56 Å². The Hall–Kier alpha value is -3.53. The molecule has 0 atom stereocenters. The summed E-state index contributed by atoms with van der Waals surface area (Å²) in [5, 5.41) is 9.27. The normalized spacial score (nSPS) is 10.9. The van der Waals surface area contributed by atoms with E-state index in [0.29, 0.717) is 44.9 Å². The first kappa shape index (κ1) is 19.8. The predicted octanol–water partition coefficient (Wildman–Crippen LogP) is 2.82. The van der Waals surface area contributed by atoms with Crippen molar-refractivity contribution in [1.82, 2.24) is 24.7 Å². The van der Waals surface area contributed by atoms with Gasteiger partial charge in [-0.15, -0.1) is 10.2 Å². The van der Waals surface area contributed by atoms with E-state index in [1.165, 1.54) is 26.0 Å². The van der Waals surface area contributed by atoms with Crippen molar-refractivity contribution in [2.45, 2.75) is 10.9 Å². The Morgan fingerprint density at radius 3 is 2.53 bits per heavy atom. The summed E-state index contributed by atoms with van der Waals surface area (Å²) in [6.45, 7) is 0. The van der Waals surface area contributed by atoms with Gasteiger partial charge in [0.05, 0.1) is 43.7 Å². The number of methoxy groups -OCH3 is 3. The minimum atomic E-state index is -0.247. The van der Waals surface area contributed by atoms with Gasteiger partial charge in [-0.3, -0.25) is 9.36 Å². The molecule has 0 amide bonds. The lowest BCUT2D eigenvalue weighted by Gasteiger charge is -2.11. The first-order chi connectivity index (χ1) is 14.6. The van der Waals surface area contributed by atoms with Crippen LogP contribution >= 0.6 is 11.8 Å². The maximum absolute atomic E-state index is 12.5. The van der Waals surface area contributed by atoms with Crippen LogP contribution in [0.3, 0.4) is 0 Å². The van der Waals surface area contributed by atoms with Crippen LogP contribution in [0.4, 0.5) is 0 Å². The molecule has 0 unspecified atom stereocenters. The van der Waals surface area contributed by atoms with Crippen LogP contribution in [0.2, 0.25) is 0 Å². The van der Waals surface area contributed by atoms with Gasteiger partial charge in [-0.2, -0.15) is 0 Å². The fraction of sp³-hybridized carbons (Fsp3) is 0.200. The topological polar surface area (TPSA) is 104 Å². The van der Waals surface area contributed by atoms with Gasteiger partial charge >= 0.3 is 0 Å². The maximum atomic E-state index is 12.5. The number of rotatable bonds is 7. The highest BCUT2D eigenvalue weighted by atomic mass is 32.2. The third-order valence-corrected chi connectivity index (χ3v) is 5.41. The molecule has 0 bridgehead atoms. The van der Waals surface area contributed by atoms with Crippen LogP contribution < -0.4 is 19.8 Å². The summed E-state index contributed by atoms with van der Waals surface area (Å²) in [7, 11) is 4.68. The van der Waals surface area contributed by atoms with E-state index < -0.39 is 0 Å². The highest BCUT2D eigenvalue weighted by Crippen LogP contribution is 2.31. The molecule has 30 heavy (non-hydrogen) atoms. The number of thioether (sulfide) groups is 1. The maximum Gasteiger partial charge on any atom is 0.258 e. The van der Waals surface area contributed by atoms with E-state index in [1.54, 1.807) is 25.6 Å². The summed E-state index contributed by atoms with van der Waals surface area (Å²) in [5.74, 6) is 2.60. The van der Waals surface area contributed by atoms with Crippen molar-refractivity contribution in [2.75, 3.05) is 21.3 Å². The van der Waals surface area contributed by atoms with Crippen molar-refractivity contribution in [1.29, 1.82) is 0 Å². The van der Waals surface area contributed by atoms with Crippen LogP contribution in [0, 0.1) is 0 Å². The van der Waals surface area contributed by atoms with Crippen LogP contribution in [-0.2, 0) is 5.75 Å². The Labute approximate surface area is 176 Å². The van der Waals surface area contributed by atoms with Gasteiger partial charge in [0.2, 0.25) is 0 Å². The lowest BCUT2D eigenvalue weighted by molar-refractivity contribution is 0.355. The number of nitrogens with zero attached hydrogens (tertiary/aromatic N) is 4. The monoisotopic (exact) mass is 425 g/mol. The largest absolute Gasteiger partial charge is 0.495 e. The summed E-state index contributed by atoms with van der Waals surface area (Å²) < 4.78 is 17.8. The third kappa shape index (κ3) is 3.69. The van der Waals surface area contributed by atoms with Crippen LogP contribution in [0.1, 0.15) is 5.82 Å². The second kappa shape index (κ2) is 8.46. The number of aromatic nitrogens is 5. The minimum Gasteiger partial charge on any atom is -0.495 e. The van der Waals surface area contributed by atoms with Crippen LogP contribution in [-0.4, -0.2) is 46.1 Å². The number of fused-ring (bicyclic) bond motifs is 1. The molecule has 0 aliphatic carbocycles. The summed E-state index contributed by atoms with van der Waals surface area (Å²) in [5.41, 5.74) is 1.10. The molecule has 0 saturated heterocycles. The molecule has 9 nitrogen and oxygen atoms in total. The zero-order valence-corrected chi connectivity index (χ0v) is 17.4. The third-order valence-electron chi connectivity index (χ3n) is 4.46. The molecular formula is C20H19N5O4S. The molecule has 154 valence electrons. The van der Waals surface area contributed by atoms with Gasteiger partial charge in [0, 0.05) is 6.07 Å². The van der Waals surface area contributed by atoms with Gasteiger partial charge < -0.3 is 19.2 Å². The van der Waals surface area contributed by atoms with E-state index in [1.807, 2.05) is 28.8 Å². The smallest absolute Gasteiger partial charge is 0.258 e. The molecule has 2 aromatic heterocycles. The van der Waals surface area contributed by atoms with E-state index in [9.17, 15) is 4.79 Å². The van der Waals surface area contributed by atoms with Gasteiger partial charge in [-0.25, -0.2) is 4.98 Å². The highest BCUT2D eigenvalue weighted by molar-refractivity contribution is 7.98. The van der Waals surface area contributed by atoms with E-state index in [0.717, 1.165) is 5.69 Å². The Kier molecular flexibility index (Phi) is 5.57. The van der Waals surface area contributed by atoms with Gasteiger partial charge in [-0.1, -0.05) is 23.9 Å². The Morgan fingerprint density at radius 1 is 1.03 bits per heavy atom. The van der Waals surface area contributed by atoms with E-state index in [2.05, 4.69) is 20.2 Å². The van der Waals surface area contributed by atoms with Crippen LogP contribution in [0.15, 0.2) is 52.7 Å². The second-order valence-electron chi connectivity index (χ2n) is 6.18. The molecule has 2 aromatic carbocycles. The standard InChI is InChI=1S/C20H19N5O4S/c1-27-15-7-5-4-6-14(15)25-11-21-24-20(25)30-10-18-22-13-9-17(29-3)16(28-2)8-12(13)19(26)23-18/h4-9,11H,10H2,1-3H3,(H,22,23,26). The average molecular weight is 425 g/mol. The highest BCUT2D eigenvalue weighted by Gasteiger charge is 2.14. The number of hydrogen-bond acceptors (Lipinski definition) is 8. The summed E-state index contributed by atoms with van der Waals surface area (Å²) >= 11 is 1.40. The average Bonchev–Trinajstić information content (AvgIpc) is 3.25. The molecule has 0 fully saturated rings. The van der Waals surface area contributed by atoms with Crippen molar-refractivity contribution in [3.8, 4) is 22.9 Å². The first-order valence-corrected chi connectivity index (χ1v) is 9.94. The fourth-order valence-electron chi connectivity index (χ4n) is 3.03. The lowest BCUT2D eigenvalue weighted by atomic mass is 10.2. The predicted molar refractivity (Wildman–Crippen MR) is 113 cm³/mol. The van der Waals surface area contributed by atoms with Gasteiger partial charge in [0.15, 0.2) is 16.7 Å². The van der Waals surface area contributed by atoms with Gasteiger partial charge in [0.1, 0.15) is 17.9 Å². The van der Waals surface area contributed by atoms with Crippen molar-refractivity contribution in [3.63, 3.8) is 0 Å². The SMILES string of the molecule is COc1cc2nc(CSc3nncn3-c3ccccc3OC)[nH]c(=O)c2cc1OC. The summed E-state index contributed by atoms with van der Waals surface area (Å²) in [4.78, 5) is 19.9. The zero-order valence-electron chi connectivity index (χ0n) is 16.6. The molecule has 0 saturated carbocycles. The molecule has 0 aliphatic rings. The number of para-hydroxylation sites is 2. The number of ether oxygens (including phenoxy) is 3. The molecule has 2 heterocycles. The molecule has 10 heteroatoms. The number of benzene rings is 2. The van der Waals surface area contributed by atoms with Crippen molar-refractivity contribution < 1.29 is 14.2 Å². The number of hydrogen-bond donors (Lipinski definition) is 1. The molecule has 4 rings (SSSR count). The Morgan fingerprint density at radius 2 is 1.77 bits per heavy atom. The summed E-state index contributed by atoms with van der Waals surface area (Å²) in [6.07, 6.45) is 1.62. The fourth-order valence-corrected chi connectivity index (χ4v) is 3.82. The molecule has 4 aromatic rings. The second-order valence-corrected chi connectivity index (χ2v) is 7.12. The molecule has 0 aliphatic heterocycles. The first-order valence-electron chi connectivity index (χ1n) is 8.95. The number of nitrogens with one attached hydrogen (secondary N) is 1. The Bertz CT molecular complexity index is 1250. The van der Waals surface area contributed by atoms with Crippen molar-refractivity contribution in [3.05, 3.63) is 58.9 Å². The van der Waals surface area contributed by atoms with Crippen LogP contribution in [0.25, 0.3) is 16.6 Å². The molecule has 0 spiro atoms. The molecule has 0 radical (unpaired) electrons. The van der Waals surface area contributed by atoms with Gasteiger partial charge in [0.25, 0.3) is 5.56 Å². The van der Waals surface area contributed by atoms with Crippen LogP contribution in [0.5, 0.6) is 17.2 Å².